The van der Waals surface area contributed by atoms with Gasteiger partial charge in [-0.15, -0.1) is 0 Å². The van der Waals surface area contributed by atoms with Crippen molar-refractivity contribution in [2.75, 3.05) is 0 Å². The maximum absolute atomic E-state index is 11.9. The molecule has 1 unspecified atom stereocenters. The van der Waals surface area contributed by atoms with Gasteiger partial charge in [-0.2, -0.15) is 5.48 Å². The van der Waals surface area contributed by atoms with Crippen LogP contribution in [0.1, 0.15) is 24.0 Å². The van der Waals surface area contributed by atoms with Crippen LogP contribution in [0.3, 0.4) is 0 Å². The Hall–Kier alpha value is -2.70. The number of carbonyl (C=O) groups is 2. The standard InChI is InChI=1S/C19H22N2O4/c22-18(20-13-15-7-3-1-4-8-15)12-11-17(19(23)24)21-25-14-16-9-5-2-6-10-16/h1-10,17,21H,11-14H2,(H,20,22)(H,23,24). The van der Waals surface area contributed by atoms with Gasteiger partial charge in [0.25, 0.3) is 0 Å². The van der Waals surface area contributed by atoms with Crippen LogP contribution in [0.4, 0.5) is 0 Å². The smallest absolute Gasteiger partial charge is 0.323 e. The highest BCUT2D eigenvalue weighted by Crippen LogP contribution is 2.03. The van der Waals surface area contributed by atoms with E-state index < -0.39 is 12.0 Å². The fourth-order valence-electron chi connectivity index (χ4n) is 2.19. The zero-order valence-corrected chi connectivity index (χ0v) is 13.9. The van der Waals surface area contributed by atoms with Crippen molar-refractivity contribution in [1.29, 1.82) is 0 Å². The van der Waals surface area contributed by atoms with Crippen LogP contribution in [-0.2, 0) is 27.6 Å². The monoisotopic (exact) mass is 342 g/mol. The molecule has 6 heteroatoms. The second kappa shape index (κ2) is 10.2. The quantitative estimate of drug-likeness (QED) is 0.577. The highest BCUT2D eigenvalue weighted by Gasteiger charge is 2.18. The Bertz CT molecular complexity index is 662. The predicted octanol–water partition coefficient (Wildman–Crippen LogP) is 2.26. The Balaban J connectivity index is 1.69. The summed E-state index contributed by atoms with van der Waals surface area (Å²) in [4.78, 5) is 28.4. The topological polar surface area (TPSA) is 87.7 Å². The molecule has 0 bridgehead atoms. The summed E-state index contributed by atoms with van der Waals surface area (Å²) in [7, 11) is 0. The molecule has 6 nitrogen and oxygen atoms in total. The minimum Gasteiger partial charge on any atom is -0.480 e. The molecule has 0 fully saturated rings. The van der Waals surface area contributed by atoms with E-state index in [4.69, 9.17) is 4.84 Å². The second-order valence-electron chi connectivity index (χ2n) is 5.58. The number of rotatable bonds is 10. The Morgan fingerprint density at radius 1 is 0.960 bits per heavy atom. The third-order valence-electron chi connectivity index (χ3n) is 3.60. The largest absolute Gasteiger partial charge is 0.480 e. The summed E-state index contributed by atoms with van der Waals surface area (Å²) in [6.45, 7) is 0.681. The Morgan fingerprint density at radius 2 is 1.56 bits per heavy atom. The Labute approximate surface area is 146 Å². The minimum absolute atomic E-state index is 0.103. The molecule has 2 aromatic carbocycles. The average Bonchev–Trinajstić information content (AvgIpc) is 2.64. The predicted molar refractivity (Wildman–Crippen MR) is 93.3 cm³/mol. The molecular weight excluding hydrogens is 320 g/mol. The molecule has 0 aliphatic heterocycles. The molecule has 0 radical (unpaired) electrons. The average molecular weight is 342 g/mol. The SMILES string of the molecule is O=C(CCC(NOCc1ccccc1)C(=O)O)NCc1ccccc1. The van der Waals surface area contributed by atoms with Crippen molar-refractivity contribution in [3.8, 4) is 0 Å². The van der Waals surface area contributed by atoms with Crippen LogP contribution in [0.5, 0.6) is 0 Å². The highest BCUT2D eigenvalue weighted by atomic mass is 16.6. The van der Waals surface area contributed by atoms with Gasteiger partial charge in [0.1, 0.15) is 6.04 Å². The van der Waals surface area contributed by atoms with Crippen molar-refractivity contribution in [3.63, 3.8) is 0 Å². The summed E-state index contributed by atoms with van der Waals surface area (Å²) in [5.41, 5.74) is 4.44. The zero-order chi connectivity index (χ0) is 17.9. The first-order valence-electron chi connectivity index (χ1n) is 8.10. The second-order valence-corrected chi connectivity index (χ2v) is 5.58. The summed E-state index contributed by atoms with van der Waals surface area (Å²) in [6, 6.07) is 18.0. The molecule has 0 aromatic heterocycles. The minimum atomic E-state index is -1.05. The summed E-state index contributed by atoms with van der Waals surface area (Å²) in [5.74, 6) is -1.25. The summed E-state index contributed by atoms with van der Waals surface area (Å²) in [5, 5.41) is 12.0. The first-order chi connectivity index (χ1) is 12.1. The number of carboxylic acids is 1. The molecule has 132 valence electrons. The van der Waals surface area contributed by atoms with Crippen LogP contribution in [-0.4, -0.2) is 23.0 Å². The van der Waals surface area contributed by atoms with Crippen LogP contribution in [0, 0.1) is 0 Å². The van der Waals surface area contributed by atoms with E-state index >= 15 is 0 Å². The van der Waals surface area contributed by atoms with E-state index in [2.05, 4.69) is 10.8 Å². The first kappa shape index (κ1) is 18.6. The zero-order valence-electron chi connectivity index (χ0n) is 13.9. The van der Waals surface area contributed by atoms with Crippen LogP contribution in [0.25, 0.3) is 0 Å². The van der Waals surface area contributed by atoms with E-state index in [0.717, 1.165) is 11.1 Å². The van der Waals surface area contributed by atoms with Crippen molar-refractivity contribution < 1.29 is 19.5 Å². The van der Waals surface area contributed by atoms with Gasteiger partial charge >= 0.3 is 5.97 Å². The van der Waals surface area contributed by atoms with E-state index in [-0.39, 0.29) is 25.4 Å². The maximum atomic E-state index is 11.9. The maximum Gasteiger partial charge on any atom is 0.323 e. The van der Waals surface area contributed by atoms with E-state index in [0.29, 0.717) is 6.54 Å². The number of aliphatic carboxylic acids is 1. The number of carboxylic acid groups (broad SMARTS) is 1. The van der Waals surface area contributed by atoms with Gasteiger partial charge in [-0.05, 0) is 17.5 Å². The molecule has 0 saturated carbocycles. The third kappa shape index (κ3) is 7.15. The van der Waals surface area contributed by atoms with Crippen molar-refractivity contribution in [1.82, 2.24) is 10.8 Å². The lowest BCUT2D eigenvalue weighted by molar-refractivity contribution is -0.145. The van der Waals surface area contributed by atoms with Gasteiger partial charge in [0.2, 0.25) is 5.91 Å². The molecule has 1 atom stereocenters. The van der Waals surface area contributed by atoms with Gasteiger partial charge in [-0.1, -0.05) is 60.7 Å². The van der Waals surface area contributed by atoms with Crippen molar-refractivity contribution in [3.05, 3.63) is 71.8 Å². The van der Waals surface area contributed by atoms with E-state index in [9.17, 15) is 14.7 Å². The summed E-state index contributed by atoms with van der Waals surface area (Å²) < 4.78 is 0. The Morgan fingerprint density at radius 3 is 2.16 bits per heavy atom. The van der Waals surface area contributed by atoms with Gasteiger partial charge in [-0.25, -0.2) is 0 Å². The van der Waals surface area contributed by atoms with Gasteiger partial charge in [0, 0.05) is 13.0 Å². The van der Waals surface area contributed by atoms with Crippen LogP contribution < -0.4 is 10.8 Å². The Kier molecular flexibility index (Phi) is 7.62. The fourth-order valence-corrected chi connectivity index (χ4v) is 2.19. The van der Waals surface area contributed by atoms with Gasteiger partial charge in [-0.3, -0.25) is 14.4 Å². The molecular formula is C19H22N2O4. The van der Waals surface area contributed by atoms with Gasteiger partial charge in [0.15, 0.2) is 0 Å². The molecule has 0 aliphatic rings. The van der Waals surface area contributed by atoms with Crippen molar-refractivity contribution in [2.45, 2.75) is 32.0 Å². The molecule has 1 amide bonds. The highest BCUT2D eigenvalue weighted by molar-refractivity contribution is 5.78. The molecule has 0 saturated heterocycles. The van der Waals surface area contributed by atoms with Crippen LogP contribution >= 0.6 is 0 Å². The summed E-state index contributed by atoms with van der Waals surface area (Å²) >= 11 is 0. The van der Waals surface area contributed by atoms with E-state index in [1.54, 1.807) is 0 Å². The first-order valence-corrected chi connectivity index (χ1v) is 8.10. The number of carbonyl (C=O) groups excluding carboxylic acids is 1. The number of hydroxylamine groups is 1. The number of hydrogen-bond acceptors (Lipinski definition) is 4. The molecule has 0 aliphatic carbocycles. The number of nitrogens with one attached hydrogen (secondary N) is 2. The van der Waals surface area contributed by atoms with Gasteiger partial charge in [0.05, 0.1) is 6.61 Å². The molecule has 25 heavy (non-hydrogen) atoms. The van der Waals surface area contributed by atoms with Crippen molar-refractivity contribution in [2.24, 2.45) is 0 Å². The lowest BCUT2D eigenvalue weighted by atomic mass is 10.1. The number of hydrogen-bond donors (Lipinski definition) is 3. The normalized spacial score (nSPS) is 11.7. The van der Waals surface area contributed by atoms with Crippen molar-refractivity contribution >= 4 is 11.9 Å². The number of benzene rings is 2. The van der Waals surface area contributed by atoms with E-state index in [1.165, 1.54) is 0 Å². The lowest BCUT2D eigenvalue weighted by Gasteiger charge is -2.14. The molecule has 0 spiro atoms. The van der Waals surface area contributed by atoms with Crippen LogP contribution in [0.15, 0.2) is 60.7 Å². The summed E-state index contributed by atoms with van der Waals surface area (Å²) in [6.07, 6.45) is 0.246. The number of amides is 1. The van der Waals surface area contributed by atoms with Crippen LogP contribution in [0.2, 0.25) is 0 Å². The lowest BCUT2D eigenvalue weighted by Crippen LogP contribution is -2.37. The van der Waals surface area contributed by atoms with E-state index in [1.807, 2.05) is 60.7 Å². The fraction of sp³-hybridized carbons (Fsp3) is 0.263. The molecule has 3 N–H and O–H groups in total. The third-order valence-corrected chi connectivity index (χ3v) is 3.60. The molecule has 2 aromatic rings. The van der Waals surface area contributed by atoms with Gasteiger partial charge < -0.3 is 10.4 Å². The molecule has 0 heterocycles. The molecule has 2 rings (SSSR count).